The molecular formula is C9H16N4. The minimum Gasteiger partial charge on any atom is -0.360 e. The van der Waals surface area contributed by atoms with Crippen molar-refractivity contribution in [2.24, 2.45) is 4.99 Å². The van der Waals surface area contributed by atoms with E-state index >= 15 is 0 Å². The highest BCUT2D eigenvalue weighted by Crippen LogP contribution is 2.15. The molecule has 2 aliphatic rings. The summed E-state index contributed by atoms with van der Waals surface area (Å²) in [5, 5.41) is 12.0. The molecule has 0 saturated carbocycles. The minimum absolute atomic E-state index is 1.08. The molecule has 0 amide bonds. The van der Waals surface area contributed by atoms with E-state index in [1.165, 1.54) is 51.0 Å². The molecule has 13 heavy (non-hydrogen) atoms. The van der Waals surface area contributed by atoms with E-state index in [0.717, 1.165) is 6.54 Å². The van der Waals surface area contributed by atoms with Gasteiger partial charge in [-0.2, -0.15) is 0 Å². The predicted molar refractivity (Wildman–Crippen MR) is 50.4 cm³/mol. The lowest BCUT2D eigenvalue weighted by Gasteiger charge is -2.27. The molecule has 2 aliphatic heterocycles. The van der Waals surface area contributed by atoms with Gasteiger partial charge in [-0.3, -0.25) is 4.99 Å². The van der Waals surface area contributed by atoms with Crippen LogP contribution in [0.25, 0.3) is 0 Å². The van der Waals surface area contributed by atoms with Crippen LogP contribution in [0.5, 0.6) is 0 Å². The summed E-state index contributed by atoms with van der Waals surface area (Å²) < 4.78 is 0. The van der Waals surface area contributed by atoms with E-state index in [9.17, 15) is 0 Å². The minimum atomic E-state index is 1.08. The van der Waals surface area contributed by atoms with Gasteiger partial charge in [0.2, 0.25) is 0 Å². The predicted octanol–water partition coefficient (Wildman–Crippen LogP) is 1.69. The Morgan fingerprint density at radius 3 is 2.62 bits per heavy atom. The topological polar surface area (TPSA) is 63.2 Å². The molecular weight excluding hydrogens is 164 g/mol. The molecule has 0 unspecified atom stereocenters. The van der Waals surface area contributed by atoms with Gasteiger partial charge in [0.05, 0.1) is 5.84 Å². The van der Waals surface area contributed by atoms with Crippen molar-refractivity contribution in [3.05, 3.63) is 0 Å². The van der Waals surface area contributed by atoms with E-state index in [0.29, 0.717) is 0 Å². The first-order chi connectivity index (χ1) is 6.47. The van der Waals surface area contributed by atoms with Gasteiger partial charge in [-0.25, -0.2) is 0 Å². The SMILES string of the molecule is C1CCC2=NCCCN2CC1.N#N. The van der Waals surface area contributed by atoms with Gasteiger partial charge in [0.1, 0.15) is 0 Å². The van der Waals surface area contributed by atoms with Crippen molar-refractivity contribution in [3.8, 4) is 0 Å². The average Bonchev–Trinajstić information content (AvgIpc) is 2.45. The lowest BCUT2D eigenvalue weighted by Crippen LogP contribution is -2.34. The molecule has 0 atom stereocenters. The first-order valence-electron chi connectivity index (χ1n) is 4.95. The first-order valence-corrected chi connectivity index (χ1v) is 4.95. The Morgan fingerprint density at radius 2 is 1.77 bits per heavy atom. The fourth-order valence-corrected chi connectivity index (χ4v) is 1.94. The maximum absolute atomic E-state index is 6.00. The van der Waals surface area contributed by atoms with Crippen LogP contribution in [0.15, 0.2) is 4.99 Å². The zero-order valence-corrected chi connectivity index (χ0v) is 7.95. The number of fused-ring (bicyclic) bond motifs is 1. The van der Waals surface area contributed by atoms with E-state index in [-0.39, 0.29) is 0 Å². The fraction of sp³-hybridized carbons (Fsp3) is 0.889. The maximum atomic E-state index is 6.00. The highest BCUT2D eigenvalue weighted by atomic mass is 15.2. The quantitative estimate of drug-likeness (QED) is 0.533. The highest BCUT2D eigenvalue weighted by molar-refractivity contribution is 5.83. The van der Waals surface area contributed by atoms with E-state index in [1.54, 1.807) is 0 Å². The number of hydrogen-bond acceptors (Lipinski definition) is 4. The standard InChI is InChI=1S/C9H16N2.N2/c1-2-5-9-10-6-4-8-11(9)7-3-1;1-2/h1-8H2;. The van der Waals surface area contributed by atoms with Crippen LogP contribution in [-0.4, -0.2) is 30.4 Å². The molecule has 0 aromatic rings. The molecule has 72 valence electrons. The summed E-state index contributed by atoms with van der Waals surface area (Å²) >= 11 is 0. The molecule has 0 N–H and O–H groups in total. The molecule has 0 aliphatic carbocycles. The van der Waals surface area contributed by atoms with E-state index in [4.69, 9.17) is 10.8 Å². The first kappa shape index (κ1) is 9.97. The molecule has 0 radical (unpaired) electrons. The van der Waals surface area contributed by atoms with Crippen molar-refractivity contribution in [1.82, 2.24) is 4.90 Å². The molecule has 0 bridgehead atoms. The Balaban J connectivity index is 0.000000396. The van der Waals surface area contributed by atoms with Crippen LogP contribution >= 0.6 is 0 Å². The lowest BCUT2D eigenvalue weighted by atomic mass is 10.2. The number of aliphatic imine (C=N–C) groups is 1. The average molecular weight is 180 g/mol. The molecule has 4 heteroatoms. The zero-order chi connectivity index (χ0) is 9.52. The van der Waals surface area contributed by atoms with Gasteiger partial charge in [0, 0.05) is 36.8 Å². The van der Waals surface area contributed by atoms with Crippen molar-refractivity contribution >= 4 is 5.84 Å². The third kappa shape index (κ3) is 2.69. The van der Waals surface area contributed by atoms with Crippen molar-refractivity contribution in [3.63, 3.8) is 0 Å². The molecule has 0 aromatic heterocycles. The highest BCUT2D eigenvalue weighted by Gasteiger charge is 2.16. The van der Waals surface area contributed by atoms with Crippen molar-refractivity contribution in [2.75, 3.05) is 19.6 Å². The molecule has 1 saturated heterocycles. The summed E-state index contributed by atoms with van der Waals surface area (Å²) in [5.41, 5.74) is 0. The number of nitrogens with zero attached hydrogens (tertiary/aromatic N) is 4. The summed E-state index contributed by atoms with van der Waals surface area (Å²) in [6.07, 6.45) is 6.63. The van der Waals surface area contributed by atoms with Gasteiger partial charge in [-0.1, -0.05) is 6.42 Å². The van der Waals surface area contributed by atoms with Gasteiger partial charge in [-0.15, -0.1) is 0 Å². The van der Waals surface area contributed by atoms with E-state index < -0.39 is 0 Å². The largest absolute Gasteiger partial charge is 0.360 e. The van der Waals surface area contributed by atoms with Crippen LogP contribution in [0.3, 0.4) is 0 Å². The summed E-state index contributed by atoms with van der Waals surface area (Å²) in [7, 11) is 0. The maximum Gasteiger partial charge on any atom is 0.0988 e. The lowest BCUT2D eigenvalue weighted by molar-refractivity contribution is 0.391. The van der Waals surface area contributed by atoms with Crippen LogP contribution in [0, 0.1) is 10.8 Å². The zero-order valence-electron chi connectivity index (χ0n) is 7.95. The Hall–Kier alpha value is -1.11. The Labute approximate surface area is 79.1 Å². The van der Waals surface area contributed by atoms with Gasteiger partial charge < -0.3 is 4.90 Å². The summed E-state index contributed by atoms with van der Waals surface area (Å²) in [6.45, 7) is 3.60. The summed E-state index contributed by atoms with van der Waals surface area (Å²) in [4.78, 5) is 7.04. The Kier molecular flexibility index (Phi) is 4.24. The molecule has 1 fully saturated rings. The third-order valence-electron chi connectivity index (χ3n) is 2.57. The molecule has 0 spiro atoms. The van der Waals surface area contributed by atoms with Gasteiger partial charge in [-0.05, 0) is 19.3 Å². The van der Waals surface area contributed by atoms with Crippen molar-refractivity contribution in [2.45, 2.75) is 32.1 Å². The van der Waals surface area contributed by atoms with Crippen LogP contribution in [0.1, 0.15) is 32.1 Å². The van der Waals surface area contributed by atoms with Gasteiger partial charge >= 0.3 is 0 Å². The second-order valence-electron chi connectivity index (χ2n) is 3.45. The van der Waals surface area contributed by atoms with E-state index in [1.807, 2.05) is 0 Å². The molecule has 2 rings (SSSR count). The second-order valence-corrected chi connectivity index (χ2v) is 3.45. The van der Waals surface area contributed by atoms with Crippen LogP contribution < -0.4 is 0 Å². The monoisotopic (exact) mass is 180 g/mol. The molecule has 4 nitrogen and oxygen atoms in total. The van der Waals surface area contributed by atoms with Crippen LogP contribution in [-0.2, 0) is 0 Å². The number of rotatable bonds is 0. The van der Waals surface area contributed by atoms with Crippen LogP contribution in [0.4, 0.5) is 0 Å². The van der Waals surface area contributed by atoms with Gasteiger partial charge in [0.15, 0.2) is 0 Å². The van der Waals surface area contributed by atoms with E-state index in [2.05, 4.69) is 9.89 Å². The van der Waals surface area contributed by atoms with Crippen molar-refractivity contribution < 1.29 is 0 Å². The Bertz CT molecular complexity index is 197. The summed E-state index contributed by atoms with van der Waals surface area (Å²) in [5.74, 6) is 1.40. The Morgan fingerprint density at radius 1 is 1.00 bits per heavy atom. The normalized spacial score (nSPS) is 21.7. The second kappa shape index (κ2) is 5.52. The third-order valence-corrected chi connectivity index (χ3v) is 2.57. The van der Waals surface area contributed by atoms with Gasteiger partial charge in [0.25, 0.3) is 0 Å². The van der Waals surface area contributed by atoms with Crippen LogP contribution in [0.2, 0.25) is 0 Å². The smallest absolute Gasteiger partial charge is 0.0988 e. The fourth-order valence-electron chi connectivity index (χ4n) is 1.94. The number of hydrogen-bond donors (Lipinski definition) is 0. The molecule has 2 heterocycles. The number of amidine groups is 1. The summed E-state index contributed by atoms with van der Waals surface area (Å²) in [6, 6.07) is 0. The van der Waals surface area contributed by atoms with Crippen molar-refractivity contribution in [1.29, 1.82) is 10.8 Å². The molecule has 0 aromatic carbocycles.